The topological polar surface area (TPSA) is 86.8 Å². The Hall–Kier alpha value is -2.36. The molecule has 7 nitrogen and oxygen atoms in total. The third kappa shape index (κ3) is 4.22. The van der Waals surface area contributed by atoms with E-state index in [4.69, 9.17) is 0 Å². The van der Waals surface area contributed by atoms with Crippen molar-refractivity contribution in [2.45, 2.75) is 35.8 Å². The average molecular weight is 460 g/mol. The largest absolute Gasteiger partial charge is 0.336 e. The van der Waals surface area contributed by atoms with Crippen molar-refractivity contribution in [2.24, 2.45) is 0 Å². The highest BCUT2D eigenvalue weighted by atomic mass is 32.2. The number of hydrogen-bond donors (Lipinski definition) is 1. The molecule has 2 aromatic rings. The Kier molecular flexibility index (Phi) is 5.85. The number of amides is 2. The third-order valence-corrected chi connectivity index (χ3v) is 8.86. The number of nitrogens with one attached hydrogen (secondary N) is 1. The first-order valence-corrected chi connectivity index (χ1v) is 12.5. The summed E-state index contributed by atoms with van der Waals surface area (Å²) in [6.45, 7) is 6.63. The van der Waals surface area contributed by atoms with Crippen LogP contribution in [0.15, 0.2) is 46.2 Å². The summed E-state index contributed by atoms with van der Waals surface area (Å²) in [5.41, 5.74) is 2.74. The molecule has 0 spiro atoms. The molecule has 2 aromatic carbocycles. The molecule has 2 aliphatic heterocycles. The zero-order valence-electron chi connectivity index (χ0n) is 17.7. The van der Waals surface area contributed by atoms with Crippen LogP contribution in [0.1, 0.15) is 28.4 Å². The molecule has 1 N–H and O–H groups in total. The molecule has 0 bridgehead atoms. The smallest absolute Gasteiger partial charge is 0.254 e. The second-order valence-corrected chi connectivity index (χ2v) is 11.2. The normalized spacial score (nSPS) is 19.6. The van der Waals surface area contributed by atoms with Gasteiger partial charge < -0.3 is 10.2 Å². The van der Waals surface area contributed by atoms with E-state index in [1.165, 1.54) is 16.1 Å². The highest BCUT2D eigenvalue weighted by Gasteiger charge is 2.32. The minimum Gasteiger partial charge on any atom is -0.336 e. The molecule has 4 rings (SSSR count). The van der Waals surface area contributed by atoms with E-state index in [1.807, 2.05) is 32.0 Å². The van der Waals surface area contributed by atoms with E-state index in [0.717, 1.165) is 10.5 Å². The van der Waals surface area contributed by atoms with Crippen molar-refractivity contribution in [2.75, 3.05) is 31.5 Å². The molecule has 1 saturated heterocycles. The van der Waals surface area contributed by atoms with Gasteiger partial charge in [-0.25, -0.2) is 8.42 Å². The van der Waals surface area contributed by atoms with Crippen LogP contribution in [0.4, 0.5) is 5.69 Å². The maximum Gasteiger partial charge on any atom is 0.254 e. The molecular weight excluding hydrogens is 434 g/mol. The van der Waals surface area contributed by atoms with Gasteiger partial charge in [0.2, 0.25) is 15.9 Å². The van der Waals surface area contributed by atoms with Crippen LogP contribution in [0, 0.1) is 13.8 Å². The van der Waals surface area contributed by atoms with E-state index < -0.39 is 10.0 Å². The number of thioether (sulfide) groups is 1. The Morgan fingerprint density at radius 1 is 1.06 bits per heavy atom. The van der Waals surface area contributed by atoms with Crippen LogP contribution in [0.3, 0.4) is 0 Å². The van der Waals surface area contributed by atoms with Crippen LogP contribution < -0.4 is 5.32 Å². The standard InChI is InChI=1S/C22H25N3O4S2/c1-14-4-5-15(2)20(12-14)31(28,29)25-10-8-24(9-11-25)22(27)17-6-7-19-18(13-17)23-21(26)16(3)30-19/h4-7,12-13,16H,8-11H2,1-3H3,(H,23,26). The van der Waals surface area contributed by atoms with Crippen molar-refractivity contribution in [1.29, 1.82) is 0 Å². The first-order chi connectivity index (χ1) is 14.7. The first kappa shape index (κ1) is 21.9. The fourth-order valence-corrected chi connectivity index (χ4v) is 6.44. The van der Waals surface area contributed by atoms with Crippen LogP contribution in [0.25, 0.3) is 0 Å². The van der Waals surface area contributed by atoms with Gasteiger partial charge in [-0.2, -0.15) is 4.31 Å². The fraction of sp³-hybridized carbons (Fsp3) is 0.364. The maximum absolute atomic E-state index is 13.1. The molecule has 0 saturated carbocycles. The summed E-state index contributed by atoms with van der Waals surface area (Å²) >= 11 is 1.47. The molecule has 0 aromatic heterocycles. The molecule has 1 unspecified atom stereocenters. The van der Waals surface area contributed by atoms with Gasteiger partial charge in [-0.1, -0.05) is 12.1 Å². The van der Waals surface area contributed by atoms with Gasteiger partial charge in [-0.05, 0) is 56.2 Å². The SMILES string of the molecule is Cc1ccc(C)c(S(=O)(=O)N2CCN(C(=O)c3ccc4c(c3)NC(=O)C(C)S4)CC2)c1. The van der Waals surface area contributed by atoms with Crippen molar-refractivity contribution in [3.05, 3.63) is 53.1 Å². The number of carbonyl (C=O) groups is 2. The van der Waals surface area contributed by atoms with E-state index in [9.17, 15) is 18.0 Å². The van der Waals surface area contributed by atoms with Crippen LogP contribution in [0.2, 0.25) is 0 Å². The van der Waals surface area contributed by atoms with Gasteiger partial charge in [-0.15, -0.1) is 11.8 Å². The predicted octanol–water partition coefficient (Wildman–Crippen LogP) is 2.88. The van der Waals surface area contributed by atoms with Crippen LogP contribution in [-0.2, 0) is 14.8 Å². The number of piperazine rings is 1. The molecule has 2 aliphatic rings. The summed E-state index contributed by atoms with van der Waals surface area (Å²) < 4.78 is 27.7. The highest BCUT2D eigenvalue weighted by Crippen LogP contribution is 2.36. The molecule has 31 heavy (non-hydrogen) atoms. The summed E-state index contributed by atoms with van der Waals surface area (Å²) in [4.78, 5) is 27.9. The third-order valence-electron chi connectivity index (χ3n) is 5.64. The summed E-state index contributed by atoms with van der Waals surface area (Å²) in [7, 11) is -3.61. The number of fused-ring (bicyclic) bond motifs is 1. The molecule has 2 heterocycles. The van der Waals surface area contributed by atoms with Crippen LogP contribution >= 0.6 is 11.8 Å². The Morgan fingerprint density at radius 2 is 1.77 bits per heavy atom. The van der Waals surface area contributed by atoms with Crippen molar-refractivity contribution in [3.63, 3.8) is 0 Å². The molecule has 0 aliphatic carbocycles. The van der Waals surface area contributed by atoms with Crippen molar-refractivity contribution in [3.8, 4) is 0 Å². The van der Waals surface area contributed by atoms with E-state index in [0.29, 0.717) is 34.8 Å². The van der Waals surface area contributed by atoms with E-state index in [1.54, 1.807) is 30.0 Å². The van der Waals surface area contributed by atoms with E-state index in [-0.39, 0.29) is 30.2 Å². The van der Waals surface area contributed by atoms with E-state index in [2.05, 4.69) is 5.32 Å². The number of sulfonamides is 1. The second-order valence-electron chi connectivity index (χ2n) is 7.93. The number of hydrogen-bond acceptors (Lipinski definition) is 5. The monoisotopic (exact) mass is 459 g/mol. The molecule has 1 atom stereocenters. The number of benzene rings is 2. The van der Waals surface area contributed by atoms with Gasteiger partial charge >= 0.3 is 0 Å². The summed E-state index contributed by atoms with van der Waals surface area (Å²) in [5, 5.41) is 2.68. The van der Waals surface area contributed by atoms with Crippen molar-refractivity contribution in [1.82, 2.24) is 9.21 Å². The lowest BCUT2D eigenvalue weighted by Gasteiger charge is -2.34. The second kappa shape index (κ2) is 8.29. The van der Waals surface area contributed by atoms with Gasteiger partial charge in [-0.3, -0.25) is 9.59 Å². The quantitative estimate of drug-likeness (QED) is 0.763. The Morgan fingerprint density at radius 3 is 2.48 bits per heavy atom. The Balaban J connectivity index is 1.47. The number of rotatable bonds is 3. The fourth-order valence-electron chi connectivity index (χ4n) is 3.78. The van der Waals surface area contributed by atoms with Gasteiger partial charge in [0.15, 0.2) is 0 Å². The molecule has 1 fully saturated rings. The lowest BCUT2D eigenvalue weighted by atomic mass is 10.1. The molecule has 0 radical (unpaired) electrons. The van der Waals surface area contributed by atoms with E-state index >= 15 is 0 Å². The number of carbonyl (C=O) groups excluding carboxylic acids is 2. The molecule has 2 amide bonds. The van der Waals surface area contributed by atoms with Crippen LogP contribution in [-0.4, -0.2) is 60.9 Å². The zero-order valence-corrected chi connectivity index (χ0v) is 19.3. The summed E-state index contributed by atoms with van der Waals surface area (Å²) in [6.07, 6.45) is 0. The number of anilines is 1. The minimum absolute atomic E-state index is 0.0765. The van der Waals surface area contributed by atoms with Gasteiger partial charge in [0, 0.05) is 36.6 Å². The Bertz CT molecular complexity index is 1160. The summed E-state index contributed by atoms with van der Waals surface area (Å²) in [6, 6.07) is 10.7. The van der Waals surface area contributed by atoms with Crippen LogP contribution in [0.5, 0.6) is 0 Å². The molecular formula is C22H25N3O4S2. The number of nitrogens with zero attached hydrogens (tertiary/aromatic N) is 2. The molecule has 9 heteroatoms. The first-order valence-electron chi connectivity index (χ1n) is 10.1. The highest BCUT2D eigenvalue weighted by molar-refractivity contribution is 8.01. The zero-order chi connectivity index (χ0) is 22.3. The molecule has 164 valence electrons. The van der Waals surface area contributed by atoms with Crippen molar-refractivity contribution < 1.29 is 18.0 Å². The minimum atomic E-state index is -3.61. The summed E-state index contributed by atoms with van der Waals surface area (Å²) in [5.74, 6) is -0.239. The van der Waals surface area contributed by atoms with Gasteiger partial charge in [0.1, 0.15) is 0 Å². The lowest BCUT2D eigenvalue weighted by Crippen LogP contribution is -2.50. The lowest BCUT2D eigenvalue weighted by molar-refractivity contribution is -0.115. The van der Waals surface area contributed by atoms with Crippen molar-refractivity contribution >= 4 is 39.3 Å². The average Bonchev–Trinajstić information content (AvgIpc) is 2.75. The predicted molar refractivity (Wildman–Crippen MR) is 121 cm³/mol. The van der Waals surface area contributed by atoms with Gasteiger partial charge in [0.25, 0.3) is 5.91 Å². The Labute approximate surface area is 186 Å². The maximum atomic E-state index is 13.1. The van der Waals surface area contributed by atoms with Gasteiger partial charge in [0.05, 0.1) is 15.8 Å². The number of aryl methyl sites for hydroxylation is 2.